The van der Waals surface area contributed by atoms with E-state index in [4.69, 9.17) is 16.3 Å². The maximum absolute atomic E-state index is 5.82. The molecule has 0 bridgehead atoms. The van der Waals surface area contributed by atoms with Crippen LogP contribution in [0, 0.1) is 0 Å². The summed E-state index contributed by atoms with van der Waals surface area (Å²) in [6, 6.07) is 3.63. The first-order valence-electron chi connectivity index (χ1n) is 3.48. The largest absolute Gasteiger partial charge is 0.494 e. The number of aromatic nitrogens is 2. The Morgan fingerprint density at radius 1 is 1.58 bits per heavy atom. The van der Waals surface area contributed by atoms with Crippen molar-refractivity contribution < 1.29 is 4.74 Å². The summed E-state index contributed by atoms with van der Waals surface area (Å²) in [4.78, 5) is 0. The Balaban J connectivity index is 2.80. The molecule has 2 aromatic rings. The average Bonchev–Trinajstić information content (AvgIpc) is 2.50. The summed E-state index contributed by atoms with van der Waals surface area (Å²) in [5, 5.41) is 4.65. The fraction of sp³-hybridized carbons (Fsp3) is 0.125. The third-order valence-electron chi connectivity index (χ3n) is 1.66. The second-order valence-corrected chi connectivity index (χ2v) is 2.82. The third-order valence-corrected chi connectivity index (χ3v) is 1.86. The quantitative estimate of drug-likeness (QED) is 0.675. The van der Waals surface area contributed by atoms with E-state index in [0.717, 1.165) is 11.3 Å². The molecule has 0 atom stereocenters. The maximum atomic E-state index is 5.82. The van der Waals surface area contributed by atoms with Gasteiger partial charge in [-0.3, -0.25) is 0 Å². The predicted molar refractivity (Wildman–Crippen MR) is 46.8 cm³/mol. The van der Waals surface area contributed by atoms with E-state index in [2.05, 4.69) is 5.10 Å². The molecule has 0 aliphatic rings. The highest BCUT2D eigenvalue weighted by Crippen LogP contribution is 2.22. The lowest BCUT2D eigenvalue weighted by Crippen LogP contribution is -1.90. The lowest BCUT2D eigenvalue weighted by Gasteiger charge is -2.02. The number of hydrogen-bond donors (Lipinski definition) is 0. The first-order valence-corrected chi connectivity index (χ1v) is 3.86. The summed E-state index contributed by atoms with van der Waals surface area (Å²) in [6.45, 7) is 0. The van der Waals surface area contributed by atoms with E-state index in [1.54, 1.807) is 30.1 Å². The summed E-state index contributed by atoms with van der Waals surface area (Å²) < 4.78 is 6.80. The minimum atomic E-state index is 0.614. The van der Waals surface area contributed by atoms with E-state index in [1.807, 2.05) is 6.07 Å². The summed E-state index contributed by atoms with van der Waals surface area (Å²) in [7, 11) is 1.61. The van der Waals surface area contributed by atoms with E-state index in [-0.39, 0.29) is 0 Å². The molecule has 0 aromatic carbocycles. The molecule has 12 heavy (non-hydrogen) atoms. The van der Waals surface area contributed by atoms with Gasteiger partial charge >= 0.3 is 0 Å². The molecule has 0 saturated carbocycles. The van der Waals surface area contributed by atoms with Gasteiger partial charge in [0.15, 0.2) is 0 Å². The Kier molecular flexibility index (Phi) is 1.66. The summed E-state index contributed by atoms with van der Waals surface area (Å²) >= 11 is 5.82. The second kappa shape index (κ2) is 2.68. The Bertz CT molecular complexity index is 410. The molecule has 0 saturated heterocycles. The van der Waals surface area contributed by atoms with Gasteiger partial charge in [-0.25, -0.2) is 4.52 Å². The minimum Gasteiger partial charge on any atom is -0.494 e. The Labute approximate surface area is 74.5 Å². The van der Waals surface area contributed by atoms with Crippen LogP contribution in [0.2, 0.25) is 5.02 Å². The SMILES string of the molecule is COc1cc(Cl)cn2nccc12. The molecule has 62 valence electrons. The molecule has 0 aliphatic heterocycles. The highest BCUT2D eigenvalue weighted by molar-refractivity contribution is 6.30. The number of methoxy groups -OCH3 is 1. The van der Waals surface area contributed by atoms with Crippen LogP contribution in [-0.2, 0) is 0 Å². The van der Waals surface area contributed by atoms with Crippen LogP contribution in [0.25, 0.3) is 5.52 Å². The van der Waals surface area contributed by atoms with Crippen LogP contribution in [0.5, 0.6) is 5.75 Å². The topological polar surface area (TPSA) is 26.5 Å². The van der Waals surface area contributed by atoms with Gasteiger partial charge in [0.05, 0.1) is 18.3 Å². The van der Waals surface area contributed by atoms with Gasteiger partial charge in [0.1, 0.15) is 11.3 Å². The van der Waals surface area contributed by atoms with Crippen molar-refractivity contribution in [1.29, 1.82) is 0 Å². The average molecular weight is 183 g/mol. The molecule has 4 heteroatoms. The second-order valence-electron chi connectivity index (χ2n) is 2.39. The van der Waals surface area contributed by atoms with Crippen molar-refractivity contribution in [1.82, 2.24) is 9.61 Å². The lowest BCUT2D eigenvalue weighted by atomic mass is 10.4. The monoisotopic (exact) mass is 182 g/mol. The molecule has 0 aliphatic carbocycles. The summed E-state index contributed by atoms with van der Waals surface area (Å²) in [5.41, 5.74) is 0.918. The highest BCUT2D eigenvalue weighted by Gasteiger charge is 2.02. The number of rotatable bonds is 1. The fourth-order valence-electron chi connectivity index (χ4n) is 1.13. The molecule has 0 fully saturated rings. The maximum Gasteiger partial charge on any atom is 0.146 e. The van der Waals surface area contributed by atoms with Crippen LogP contribution in [0.3, 0.4) is 0 Å². The van der Waals surface area contributed by atoms with Crippen molar-refractivity contribution in [3.63, 3.8) is 0 Å². The molecule has 2 rings (SSSR count). The van der Waals surface area contributed by atoms with Crippen molar-refractivity contribution in [3.8, 4) is 5.75 Å². The normalized spacial score (nSPS) is 10.5. The van der Waals surface area contributed by atoms with Crippen LogP contribution in [0.1, 0.15) is 0 Å². The van der Waals surface area contributed by atoms with Crippen LogP contribution in [-0.4, -0.2) is 16.7 Å². The first kappa shape index (κ1) is 7.43. The van der Waals surface area contributed by atoms with Crippen molar-refractivity contribution in [2.24, 2.45) is 0 Å². The number of pyridine rings is 1. The smallest absolute Gasteiger partial charge is 0.146 e. The van der Waals surface area contributed by atoms with Crippen molar-refractivity contribution in [2.45, 2.75) is 0 Å². The minimum absolute atomic E-state index is 0.614. The molecule has 0 unspecified atom stereocenters. The summed E-state index contributed by atoms with van der Waals surface area (Å²) in [5.74, 6) is 0.736. The zero-order chi connectivity index (χ0) is 8.55. The van der Waals surface area contributed by atoms with E-state index < -0.39 is 0 Å². The van der Waals surface area contributed by atoms with Crippen LogP contribution < -0.4 is 4.74 Å². The molecule has 2 aromatic heterocycles. The Hall–Kier alpha value is -1.22. The van der Waals surface area contributed by atoms with E-state index >= 15 is 0 Å². The number of halogens is 1. The molecule has 0 N–H and O–H groups in total. The van der Waals surface area contributed by atoms with Gasteiger partial charge in [-0.1, -0.05) is 11.6 Å². The fourth-order valence-corrected chi connectivity index (χ4v) is 1.32. The van der Waals surface area contributed by atoms with E-state index in [1.165, 1.54) is 0 Å². The van der Waals surface area contributed by atoms with Crippen LogP contribution in [0.15, 0.2) is 24.5 Å². The summed E-state index contributed by atoms with van der Waals surface area (Å²) in [6.07, 6.45) is 3.44. The van der Waals surface area contributed by atoms with Crippen LogP contribution in [0.4, 0.5) is 0 Å². The van der Waals surface area contributed by atoms with Gasteiger partial charge < -0.3 is 4.74 Å². The number of hydrogen-bond acceptors (Lipinski definition) is 2. The van der Waals surface area contributed by atoms with E-state index in [9.17, 15) is 0 Å². The molecule has 0 radical (unpaired) electrons. The van der Waals surface area contributed by atoms with Gasteiger partial charge in [0.25, 0.3) is 0 Å². The third kappa shape index (κ3) is 1.02. The molecular formula is C8H7ClN2O. The van der Waals surface area contributed by atoms with Gasteiger partial charge in [0, 0.05) is 12.3 Å². The van der Waals surface area contributed by atoms with Gasteiger partial charge in [0.2, 0.25) is 0 Å². The lowest BCUT2D eigenvalue weighted by molar-refractivity contribution is 0.417. The van der Waals surface area contributed by atoms with Gasteiger partial charge in [-0.05, 0) is 6.07 Å². The van der Waals surface area contributed by atoms with Gasteiger partial charge in [-0.2, -0.15) is 5.10 Å². The standard InChI is InChI=1S/C8H7ClN2O/c1-12-8-4-6(9)5-11-7(8)2-3-10-11/h2-5H,1H3. The zero-order valence-electron chi connectivity index (χ0n) is 6.49. The first-order chi connectivity index (χ1) is 5.81. The Morgan fingerprint density at radius 3 is 3.17 bits per heavy atom. The molecule has 3 nitrogen and oxygen atoms in total. The molecular weight excluding hydrogens is 176 g/mol. The zero-order valence-corrected chi connectivity index (χ0v) is 7.25. The van der Waals surface area contributed by atoms with E-state index in [0.29, 0.717) is 5.02 Å². The number of nitrogens with zero attached hydrogens (tertiary/aromatic N) is 2. The van der Waals surface area contributed by atoms with Crippen molar-refractivity contribution >= 4 is 17.1 Å². The highest BCUT2D eigenvalue weighted by atomic mass is 35.5. The molecule has 2 heterocycles. The predicted octanol–water partition coefficient (Wildman–Crippen LogP) is 2.00. The van der Waals surface area contributed by atoms with Crippen LogP contribution >= 0.6 is 11.6 Å². The Morgan fingerprint density at radius 2 is 2.42 bits per heavy atom. The molecule has 0 spiro atoms. The molecule has 0 amide bonds. The number of ether oxygens (including phenoxy) is 1. The van der Waals surface area contributed by atoms with Crippen molar-refractivity contribution in [2.75, 3.05) is 7.11 Å². The number of fused-ring (bicyclic) bond motifs is 1. The van der Waals surface area contributed by atoms with Crippen molar-refractivity contribution in [3.05, 3.63) is 29.5 Å². The van der Waals surface area contributed by atoms with Gasteiger partial charge in [-0.15, -0.1) is 0 Å².